The Kier molecular flexibility index (Phi) is 3.89. The van der Waals surface area contributed by atoms with Crippen molar-refractivity contribution in [3.05, 3.63) is 18.2 Å². The molecule has 0 aliphatic carbocycles. The van der Waals surface area contributed by atoms with Crippen molar-refractivity contribution >= 4 is 0 Å². The smallest absolute Gasteiger partial charge is 0.108 e. The summed E-state index contributed by atoms with van der Waals surface area (Å²) in [6, 6.07) is 0.628. The molecule has 3 rings (SSSR count). The van der Waals surface area contributed by atoms with E-state index in [1.165, 1.54) is 12.2 Å². The van der Waals surface area contributed by atoms with Crippen LogP contribution >= 0.6 is 0 Å². The van der Waals surface area contributed by atoms with Crippen LogP contribution in [0.15, 0.2) is 12.4 Å². The summed E-state index contributed by atoms with van der Waals surface area (Å²) in [7, 11) is 0. The Bertz CT molecular complexity index is 407. The van der Waals surface area contributed by atoms with E-state index >= 15 is 0 Å². The first-order valence-corrected chi connectivity index (χ1v) is 7.59. The molecule has 0 saturated carbocycles. The zero-order chi connectivity index (χ0) is 13.2. The lowest BCUT2D eigenvalue weighted by atomic mass is 9.96. The predicted molar refractivity (Wildman–Crippen MR) is 75.1 cm³/mol. The number of imidazole rings is 1. The van der Waals surface area contributed by atoms with Gasteiger partial charge in [-0.1, -0.05) is 0 Å². The molecule has 1 aromatic heterocycles. The van der Waals surface area contributed by atoms with Gasteiger partial charge >= 0.3 is 0 Å². The number of hydrogen-bond acceptors (Lipinski definition) is 3. The lowest BCUT2D eigenvalue weighted by Crippen LogP contribution is -2.43. The molecule has 1 saturated heterocycles. The minimum absolute atomic E-state index is 0.396. The van der Waals surface area contributed by atoms with Crippen LogP contribution < -0.4 is 5.32 Å². The zero-order valence-electron chi connectivity index (χ0n) is 12.0. The van der Waals surface area contributed by atoms with Crippen molar-refractivity contribution in [3.63, 3.8) is 0 Å². The summed E-state index contributed by atoms with van der Waals surface area (Å²) in [6.45, 7) is 6.61. The summed E-state index contributed by atoms with van der Waals surface area (Å²) in [5.41, 5.74) is 0. The number of ether oxygens (including phenoxy) is 1. The molecular weight excluding hydrogens is 238 g/mol. The summed E-state index contributed by atoms with van der Waals surface area (Å²) in [5, 5.41) is 3.76. The van der Waals surface area contributed by atoms with Crippen LogP contribution in [0.3, 0.4) is 0 Å². The highest BCUT2D eigenvalue weighted by Gasteiger charge is 2.25. The Balaban J connectivity index is 1.48. The van der Waals surface area contributed by atoms with Crippen LogP contribution in [0.25, 0.3) is 0 Å². The molecule has 0 unspecified atom stereocenters. The van der Waals surface area contributed by atoms with Crippen molar-refractivity contribution in [2.45, 2.75) is 64.3 Å². The Hall–Kier alpha value is -0.870. The Labute approximate surface area is 115 Å². The van der Waals surface area contributed by atoms with Gasteiger partial charge in [-0.15, -0.1) is 0 Å². The minimum Gasteiger partial charge on any atom is -0.375 e. The molecule has 3 atom stereocenters. The maximum Gasteiger partial charge on any atom is 0.108 e. The fourth-order valence-corrected chi connectivity index (χ4v) is 3.51. The molecule has 0 amide bonds. The van der Waals surface area contributed by atoms with Crippen LogP contribution in [0, 0.1) is 5.92 Å². The van der Waals surface area contributed by atoms with Gasteiger partial charge in [-0.3, -0.25) is 0 Å². The van der Waals surface area contributed by atoms with Gasteiger partial charge in [0, 0.05) is 31.4 Å². The predicted octanol–water partition coefficient (Wildman–Crippen LogP) is 1.99. The molecule has 2 aliphatic rings. The molecule has 2 aliphatic heterocycles. The van der Waals surface area contributed by atoms with Gasteiger partial charge in [-0.05, 0) is 45.6 Å². The van der Waals surface area contributed by atoms with Crippen molar-refractivity contribution in [1.82, 2.24) is 14.9 Å². The summed E-state index contributed by atoms with van der Waals surface area (Å²) in [6.07, 6.45) is 9.51. The van der Waals surface area contributed by atoms with Crippen LogP contribution in [-0.2, 0) is 17.7 Å². The third-order valence-electron chi connectivity index (χ3n) is 4.43. The van der Waals surface area contributed by atoms with E-state index < -0.39 is 0 Å². The van der Waals surface area contributed by atoms with E-state index in [2.05, 4.69) is 34.9 Å². The van der Waals surface area contributed by atoms with Crippen molar-refractivity contribution < 1.29 is 4.74 Å². The van der Waals surface area contributed by atoms with E-state index in [1.54, 1.807) is 0 Å². The average Bonchev–Trinajstić information content (AvgIpc) is 2.82. The molecular formula is C15H25N3O. The van der Waals surface area contributed by atoms with Crippen LogP contribution in [0.2, 0.25) is 0 Å². The number of fused-ring (bicyclic) bond motifs is 1. The van der Waals surface area contributed by atoms with Crippen LogP contribution in [-0.4, -0.2) is 34.3 Å². The third-order valence-corrected chi connectivity index (χ3v) is 4.43. The summed E-state index contributed by atoms with van der Waals surface area (Å²) in [4.78, 5) is 4.39. The maximum absolute atomic E-state index is 5.79. The van der Waals surface area contributed by atoms with Gasteiger partial charge in [0.2, 0.25) is 0 Å². The number of aryl methyl sites for hydroxylation is 1. The average molecular weight is 263 g/mol. The molecule has 4 nitrogen and oxygen atoms in total. The largest absolute Gasteiger partial charge is 0.375 e. The van der Waals surface area contributed by atoms with Crippen molar-refractivity contribution in [1.29, 1.82) is 0 Å². The Morgan fingerprint density at radius 1 is 1.37 bits per heavy atom. The quantitative estimate of drug-likeness (QED) is 0.906. The Morgan fingerprint density at radius 2 is 2.16 bits per heavy atom. The van der Waals surface area contributed by atoms with Gasteiger partial charge in [0.1, 0.15) is 5.82 Å². The van der Waals surface area contributed by atoms with E-state index in [4.69, 9.17) is 4.74 Å². The number of nitrogens with zero attached hydrogens (tertiary/aromatic N) is 2. The molecule has 19 heavy (non-hydrogen) atoms. The van der Waals surface area contributed by atoms with Crippen molar-refractivity contribution in [2.24, 2.45) is 5.92 Å². The van der Waals surface area contributed by atoms with Crippen LogP contribution in [0.5, 0.6) is 0 Å². The molecule has 0 aromatic carbocycles. The summed E-state index contributed by atoms with van der Waals surface area (Å²) >= 11 is 0. The van der Waals surface area contributed by atoms with Gasteiger partial charge in [0.15, 0.2) is 0 Å². The van der Waals surface area contributed by atoms with Gasteiger partial charge in [0.25, 0.3) is 0 Å². The molecule has 0 bridgehead atoms. The van der Waals surface area contributed by atoms with Crippen LogP contribution in [0.1, 0.15) is 38.9 Å². The Morgan fingerprint density at radius 3 is 2.95 bits per heavy atom. The third kappa shape index (κ3) is 3.18. The molecule has 1 N–H and O–H groups in total. The molecule has 0 spiro atoms. The first-order chi connectivity index (χ1) is 9.20. The van der Waals surface area contributed by atoms with Gasteiger partial charge in [-0.2, -0.15) is 0 Å². The fraction of sp³-hybridized carbons (Fsp3) is 0.800. The van der Waals surface area contributed by atoms with E-state index in [-0.39, 0.29) is 0 Å². The number of rotatable bonds is 3. The zero-order valence-corrected chi connectivity index (χ0v) is 12.0. The second kappa shape index (κ2) is 5.63. The SMILES string of the molecule is C[C@@H]1CC(NC[C@H]2CCc3nccn3C2)C[C@@H](C)O1. The molecule has 1 fully saturated rings. The standard InChI is InChI=1S/C15H25N3O/c1-11-7-14(8-12(2)19-11)17-9-13-3-4-15-16-5-6-18(15)10-13/h5-6,11-14,17H,3-4,7-10H2,1-2H3/t11-,12-,13-/m1/s1. The molecule has 106 valence electrons. The highest BCUT2D eigenvalue weighted by molar-refractivity contribution is 4.97. The second-order valence-corrected chi connectivity index (χ2v) is 6.23. The highest BCUT2D eigenvalue weighted by atomic mass is 16.5. The normalized spacial score (nSPS) is 35.1. The lowest BCUT2D eigenvalue weighted by molar-refractivity contribution is -0.0426. The van der Waals surface area contributed by atoms with E-state index in [1.807, 2.05) is 6.20 Å². The highest BCUT2D eigenvalue weighted by Crippen LogP contribution is 2.21. The van der Waals surface area contributed by atoms with E-state index in [0.717, 1.165) is 38.3 Å². The van der Waals surface area contributed by atoms with Crippen molar-refractivity contribution in [2.75, 3.05) is 6.54 Å². The first-order valence-electron chi connectivity index (χ1n) is 7.59. The van der Waals surface area contributed by atoms with Crippen LogP contribution in [0.4, 0.5) is 0 Å². The first kappa shape index (κ1) is 13.1. The second-order valence-electron chi connectivity index (χ2n) is 6.23. The van der Waals surface area contributed by atoms with Gasteiger partial charge in [0.05, 0.1) is 12.2 Å². The molecule has 0 radical (unpaired) electrons. The summed E-state index contributed by atoms with van der Waals surface area (Å²) in [5.74, 6) is 2.00. The lowest BCUT2D eigenvalue weighted by Gasteiger charge is -2.34. The van der Waals surface area contributed by atoms with Gasteiger partial charge < -0.3 is 14.6 Å². The minimum atomic E-state index is 0.396. The topological polar surface area (TPSA) is 39.1 Å². The number of aromatic nitrogens is 2. The number of nitrogens with one attached hydrogen (secondary N) is 1. The van der Waals surface area contributed by atoms with E-state index in [9.17, 15) is 0 Å². The molecule has 4 heteroatoms. The monoisotopic (exact) mass is 263 g/mol. The van der Waals surface area contributed by atoms with Gasteiger partial charge in [-0.25, -0.2) is 4.98 Å². The number of hydrogen-bond donors (Lipinski definition) is 1. The fourth-order valence-electron chi connectivity index (χ4n) is 3.51. The van der Waals surface area contributed by atoms with E-state index in [0.29, 0.717) is 18.2 Å². The van der Waals surface area contributed by atoms with Crippen molar-refractivity contribution in [3.8, 4) is 0 Å². The molecule has 3 heterocycles. The maximum atomic E-state index is 5.79. The molecule has 1 aromatic rings. The summed E-state index contributed by atoms with van der Waals surface area (Å²) < 4.78 is 8.10.